The van der Waals surface area contributed by atoms with Gasteiger partial charge in [-0.2, -0.15) is 0 Å². The molecule has 3 rings (SSSR count). The molecule has 0 spiro atoms. The minimum Gasteiger partial charge on any atom is -0.479 e. The number of nitrogens with two attached hydrogens (primary N) is 1. The number of carbonyl (C=O) groups is 2. The number of allylic oxidation sites excluding steroid dienone is 2. The number of amides is 1. The Labute approximate surface area is 194 Å². The average Bonchev–Trinajstić information content (AvgIpc) is 3.13. The van der Waals surface area contributed by atoms with Crippen LogP contribution in [0, 0.1) is 18.3 Å². The highest BCUT2D eigenvalue weighted by Gasteiger charge is 2.37. The van der Waals surface area contributed by atoms with Gasteiger partial charge in [-0.1, -0.05) is 38.1 Å². The van der Waals surface area contributed by atoms with Crippen molar-refractivity contribution in [2.75, 3.05) is 0 Å². The van der Waals surface area contributed by atoms with Gasteiger partial charge in [0.1, 0.15) is 0 Å². The van der Waals surface area contributed by atoms with Crippen LogP contribution in [-0.2, 0) is 14.3 Å². The molecule has 2 aromatic rings. The summed E-state index contributed by atoms with van der Waals surface area (Å²) in [5.74, 6) is -1.45. The maximum absolute atomic E-state index is 12.0. The molecule has 1 aliphatic carbocycles. The van der Waals surface area contributed by atoms with Gasteiger partial charge in [-0.15, -0.1) is 11.3 Å². The van der Waals surface area contributed by atoms with E-state index < -0.39 is 17.7 Å². The number of carbonyl (C=O) groups excluding carboxylic acids is 1. The number of primary amides is 1. The van der Waals surface area contributed by atoms with Crippen LogP contribution in [0.2, 0.25) is 0 Å². The molecule has 1 amide bonds. The lowest BCUT2D eigenvalue weighted by molar-refractivity contribution is -0.160. The molecular weight excluding hydrogens is 422 g/mol. The molecule has 1 aromatic carbocycles. The Morgan fingerprint density at radius 2 is 1.94 bits per heavy atom. The number of hydrogen-bond acceptors (Lipinski definition) is 4. The summed E-state index contributed by atoms with van der Waals surface area (Å²) in [5, 5.41) is 11.7. The zero-order valence-electron chi connectivity index (χ0n) is 19.7. The van der Waals surface area contributed by atoms with Gasteiger partial charge in [0.15, 0.2) is 6.10 Å². The predicted molar refractivity (Wildman–Crippen MR) is 129 cm³/mol. The first kappa shape index (κ1) is 24.2. The molecule has 0 fully saturated rings. The van der Waals surface area contributed by atoms with Crippen molar-refractivity contribution in [3.63, 3.8) is 0 Å². The number of rotatable bonds is 6. The smallest absolute Gasteiger partial charge is 0.337 e. The summed E-state index contributed by atoms with van der Waals surface area (Å²) in [5.41, 5.74) is 9.88. The Kier molecular flexibility index (Phi) is 6.68. The molecule has 0 saturated heterocycles. The molecular formula is C26H33NO4S. The van der Waals surface area contributed by atoms with Crippen LogP contribution in [0.4, 0.5) is 0 Å². The molecule has 2 atom stereocenters. The van der Waals surface area contributed by atoms with E-state index in [-0.39, 0.29) is 17.2 Å². The second-order valence-electron chi connectivity index (χ2n) is 10.3. The van der Waals surface area contributed by atoms with Gasteiger partial charge in [0.2, 0.25) is 5.91 Å². The number of aryl methyl sites for hydroxylation is 1. The largest absolute Gasteiger partial charge is 0.479 e. The molecule has 32 heavy (non-hydrogen) atoms. The minimum absolute atomic E-state index is 0.144. The number of ether oxygens (including phenoxy) is 1. The first-order chi connectivity index (χ1) is 14.8. The highest BCUT2D eigenvalue weighted by atomic mass is 32.1. The van der Waals surface area contributed by atoms with E-state index in [9.17, 15) is 14.7 Å². The molecule has 0 saturated carbocycles. The van der Waals surface area contributed by atoms with Crippen molar-refractivity contribution in [3.05, 3.63) is 52.4 Å². The SMILES string of the molecule is Cc1cc(C2=CCC(C)(C)C(C(N)=O)C2)ccc1-c1sccc1C(OC(C)(C)C)C(=O)O. The maximum atomic E-state index is 12.0. The van der Waals surface area contributed by atoms with Gasteiger partial charge in [0, 0.05) is 16.4 Å². The standard InChI is InChI=1S/C26H33NO4S/c1-15-13-16(17-9-11-26(5,6)20(14-17)23(27)28)7-8-18(15)22-19(10-12-32-22)21(24(29)30)31-25(2,3)4/h7-10,12-13,20-21H,11,14H2,1-6H3,(H2,27,28)(H,29,30). The fourth-order valence-electron chi connectivity index (χ4n) is 4.29. The number of aliphatic carboxylic acids is 1. The monoisotopic (exact) mass is 455 g/mol. The maximum Gasteiger partial charge on any atom is 0.337 e. The second-order valence-corrected chi connectivity index (χ2v) is 11.2. The van der Waals surface area contributed by atoms with Gasteiger partial charge >= 0.3 is 5.97 Å². The first-order valence-corrected chi connectivity index (χ1v) is 11.8. The van der Waals surface area contributed by atoms with E-state index >= 15 is 0 Å². The van der Waals surface area contributed by atoms with Crippen molar-refractivity contribution < 1.29 is 19.4 Å². The zero-order valence-corrected chi connectivity index (χ0v) is 20.5. The van der Waals surface area contributed by atoms with E-state index in [0.717, 1.165) is 33.6 Å². The Balaban J connectivity index is 1.96. The number of thiophene rings is 1. The molecule has 0 bridgehead atoms. The summed E-state index contributed by atoms with van der Waals surface area (Å²) in [7, 11) is 0. The molecule has 0 aliphatic heterocycles. The Bertz CT molecular complexity index is 1060. The number of benzene rings is 1. The van der Waals surface area contributed by atoms with E-state index in [1.54, 1.807) is 0 Å². The van der Waals surface area contributed by atoms with Crippen molar-refractivity contribution in [3.8, 4) is 10.4 Å². The van der Waals surface area contributed by atoms with Crippen LogP contribution in [0.25, 0.3) is 16.0 Å². The van der Waals surface area contributed by atoms with E-state index in [4.69, 9.17) is 10.5 Å². The molecule has 3 N–H and O–H groups in total. The number of hydrogen-bond donors (Lipinski definition) is 2. The lowest BCUT2D eigenvalue weighted by Gasteiger charge is -2.36. The van der Waals surface area contributed by atoms with Crippen LogP contribution >= 0.6 is 11.3 Å². The topological polar surface area (TPSA) is 89.6 Å². The third kappa shape index (κ3) is 5.13. The van der Waals surface area contributed by atoms with Gasteiger partial charge in [0.25, 0.3) is 0 Å². The number of carboxylic acid groups (broad SMARTS) is 1. The molecule has 1 aliphatic rings. The summed E-state index contributed by atoms with van der Waals surface area (Å²) < 4.78 is 5.87. The van der Waals surface area contributed by atoms with Gasteiger partial charge < -0.3 is 15.6 Å². The molecule has 2 unspecified atom stereocenters. The van der Waals surface area contributed by atoms with Gasteiger partial charge in [-0.3, -0.25) is 4.79 Å². The van der Waals surface area contributed by atoms with Crippen molar-refractivity contribution >= 4 is 28.8 Å². The summed E-state index contributed by atoms with van der Waals surface area (Å²) in [6.07, 6.45) is 2.61. The zero-order chi connectivity index (χ0) is 23.8. The van der Waals surface area contributed by atoms with Gasteiger partial charge in [-0.05, 0) is 79.7 Å². The highest BCUT2D eigenvalue weighted by Crippen LogP contribution is 2.44. The third-order valence-corrected chi connectivity index (χ3v) is 7.06. The van der Waals surface area contributed by atoms with E-state index in [1.165, 1.54) is 11.3 Å². The fourth-order valence-corrected chi connectivity index (χ4v) is 5.31. The Morgan fingerprint density at radius 1 is 1.25 bits per heavy atom. The van der Waals surface area contributed by atoms with Crippen LogP contribution in [0.5, 0.6) is 0 Å². The van der Waals surface area contributed by atoms with Gasteiger partial charge in [-0.25, -0.2) is 4.79 Å². The van der Waals surface area contributed by atoms with Crippen molar-refractivity contribution in [1.29, 1.82) is 0 Å². The lowest BCUT2D eigenvalue weighted by Crippen LogP contribution is -2.37. The highest BCUT2D eigenvalue weighted by molar-refractivity contribution is 7.13. The summed E-state index contributed by atoms with van der Waals surface area (Å²) in [6, 6.07) is 8.03. The fraction of sp³-hybridized carbons (Fsp3) is 0.462. The molecule has 5 nitrogen and oxygen atoms in total. The van der Waals surface area contributed by atoms with Gasteiger partial charge in [0.05, 0.1) is 5.60 Å². The molecule has 6 heteroatoms. The number of carboxylic acids is 1. The van der Waals surface area contributed by atoms with Crippen LogP contribution in [-0.4, -0.2) is 22.6 Å². The summed E-state index contributed by atoms with van der Waals surface area (Å²) in [6.45, 7) is 11.8. The Hall–Kier alpha value is -2.44. The Morgan fingerprint density at radius 3 is 2.50 bits per heavy atom. The van der Waals surface area contributed by atoms with E-state index in [1.807, 2.05) is 45.2 Å². The van der Waals surface area contributed by atoms with Crippen LogP contribution in [0.1, 0.15) is 70.3 Å². The molecule has 1 heterocycles. The molecule has 172 valence electrons. The normalized spacial score (nSPS) is 19.3. The van der Waals surface area contributed by atoms with E-state index in [0.29, 0.717) is 12.0 Å². The molecule has 1 aromatic heterocycles. The van der Waals surface area contributed by atoms with Crippen molar-refractivity contribution in [2.24, 2.45) is 17.1 Å². The minimum atomic E-state index is -1.03. The van der Waals surface area contributed by atoms with Crippen molar-refractivity contribution in [2.45, 2.75) is 66.1 Å². The van der Waals surface area contributed by atoms with Crippen molar-refractivity contribution in [1.82, 2.24) is 0 Å². The summed E-state index contributed by atoms with van der Waals surface area (Å²) in [4.78, 5) is 24.9. The first-order valence-electron chi connectivity index (χ1n) is 10.9. The van der Waals surface area contributed by atoms with Crippen LogP contribution in [0.3, 0.4) is 0 Å². The summed E-state index contributed by atoms with van der Waals surface area (Å²) >= 11 is 1.51. The van der Waals surface area contributed by atoms with Crippen LogP contribution in [0.15, 0.2) is 35.7 Å². The quantitative estimate of drug-likeness (QED) is 0.561. The lowest BCUT2D eigenvalue weighted by atomic mass is 9.68. The van der Waals surface area contributed by atoms with E-state index in [2.05, 4.69) is 32.1 Å². The van der Waals surface area contributed by atoms with Crippen LogP contribution < -0.4 is 5.73 Å². The average molecular weight is 456 g/mol. The molecule has 0 radical (unpaired) electrons. The predicted octanol–water partition coefficient (Wildman–Crippen LogP) is 5.97. The third-order valence-electron chi connectivity index (χ3n) is 6.10. The second kappa shape index (κ2) is 8.83.